The Labute approximate surface area is 149 Å². The van der Waals surface area contributed by atoms with Gasteiger partial charge in [-0.3, -0.25) is 4.79 Å². The van der Waals surface area contributed by atoms with Crippen molar-refractivity contribution >= 4 is 44.4 Å². The first-order chi connectivity index (χ1) is 9.95. The van der Waals surface area contributed by atoms with Gasteiger partial charge in [0.25, 0.3) is 5.91 Å². The number of halogens is 2. The van der Waals surface area contributed by atoms with Crippen LogP contribution >= 0.6 is 38.5 Å². The highest BCUT2D eigenvalue weighted by molar-refractivity contribution is 14.1. The summed E-state index contributed by atoms with van der Waals surface area (Å²) in [6, 6.07) is 5.81. The molecule has 0 radical (unpaired) electrons. The molecule has 0 fully saturated rings. The lowest BCUT2D eigenvalue weighted by atomic mass is 10.2. The lowest BCUT2D eigenvalue weighted by Crippen LogP contribution is -2.36. The summed E-state index contributed by atoms with van der Waals surface area (Å²) in [6.07, 6.45) is 0.948. The van der Waals surface area contributed by atoms with E-state index in [2.05, 4.69) is 43.4 Å². The van der Waals surface area contributed by atoms with E-state index in [0.717, 1.165) is 27.6 Å². The van der Waals surface area contributed by atoms with Gasteiger partial charge in [-0.15, -0.1) is 0 Å². The molecule has 0 atom stereocenters. The lowest BCUT2D eigenvalue weighted by Gasteiger charge is -2.24. The first kappa shape index (κ1) is 18.9. The predicted molar refractivity (Wildman–Crippen MR) is 97.8 cm³/mol. The van der Waals surface area contributed by atoms with E-state index in [0.29, 0.717) is 18.7 Å². The molecule has 4 nitrogen and oxygen atoms in total. The van der Waals surface area contributed by atoms with E-state index in [4.69, 9.17) is 4.74 Å². The van der Waals surface area contributed by atoms with E-state index >= 15 is 0 Å². The van der Waals surface area contributed by atoms with Crippen molar-refractivity contribution in [1.29, 1.82) is 0 Å². The van der Waals surface area contributed by atoms with Crippen LogP contribution in [0.25, 0.3) is 0 Å². The third-order valence-corrected chi connectivity index (χ3v) is 4.41. The number of rotatable bonds is 8. The number of carbonyl (C=O) groups excluding carboxylic acids is 1. The molecule has 1 aromatic rings. The van der Waals surface area contributed by atoms with Crippen molar-refractivity contribution in [3.05, 3.63) is 31.8 Å². The summed E-state index contributed by atoms with van der Waals surface area (Å²) >= 11 is 5.69. The quantitative estimate of drug-likeness (QED) is 0.549. The molecule has 0 aliphatic heterocycles. The monoisotopic (exact) mass is 468 g/mol. The predicted octanol–water partition coefficient (Wildman–Crippen LogP) is 3.09. The van der Waals surface area contributed by atoms with Crippen LogP contribution in [0.2, 0.25) is 0 Å². The second-order valence-electron chi connectivity index (χ2n) is 5.07. The van der Waals surface area contributed by atoms with Crippen molar-refractivity contribution in [3.63, 3.8) is 0 Å². The lowest BCUT2D eigenvalue weighted by molar-refractivity contribution is 0.0688. The average Bonchev–Trinajstić information content (AvgIpc) is 2.44. The zero-order valence-corrected chi connectivity index (χ0v) is 16.5. The van der Waals surface area contributed by atoms with Gasteiger partial charge in [0.05, 0.1) is 12.2 Å². The van der Waals surface area contributed by atoms with Gasteiger partial charge in [0.1, 0.15) is 0 Å². The number of hydrogen-bond donors (Lipinski definition) is 0. The number of amides is 1. The number of hydrogen-bond acceptors (Lipinski definition) is 3. The minimum Gasteiger partial charge on any atom is -0.383 e. The van der Waals surface area contributed by atoms with Crippen molar-refractivity contribution in [1.82, 2.24) is 9.80 Å². The van der Waals surface area contributed by atoms with Crippen molar-refractivity contribution in [3.8, 4) is 0 Å². The second kappa shape index (κ2) is 9.76. The molecule has 0 aromatic heterocycles. The maximum Gasteiger partial charge on any atom is 0.255 e. The molecule has 118 valence electrons. The molecule has 21 heavy (non-hydrogen) atoms. The SMILES string of the molecule is COCCN(CCCN(C)C)C(=O)c1cc(I)ccc1Br. The molecule has 1 aromatic carbocycles. The number of methoxy groups -OCH3 is 1. The zero-order valence-electron chi connectivity index (χ0n) is 12.7. The molecule has 0 heterocycles. The minimum atomic E-state index is 0.0520. The van der Waals surface area contributed by atoms with Gasteiger partial charge >= 0.3 is 0 Å². The molecular formula is C15H22BrIN2O2. The van der Waals surface area contributed by atoms with Crippen molar-refractivity contribution in [2.45, 2.75) is 6.42 Å². The summed E-state index contributed by atoms with van der Waals surface area (Å²) in [5, 5.41) is 0. The maximum atomic E-state index is 12.7. The standard InChI is InChI=1S/C15H22BrIN2O2/c1-18(2)7-4-8-19(9-10-21-3)15(20)13-11-12(17)5-6-14(13)16/h5-6,11H,4,7-10H2,1-3H3. The molecule has 0 N–H and O–H groups in total. The molecule has 0 saturated carbocycles. The van der Waals surface area contributed by atoms with Gasteiger partial charge in [-0.1, -0.05) is 0 Å². The van der Waals surface area contributed by atoms with Crippen LogP contribution in [0.3, 0.4) is 0 Å². The number of benzene rings is 1. The fourth-order valence-electron chi connectivity index (χ4n) is 1.93. The molecule has 0 unspecified atom stereocenters. The topological polar surface area (TPSA) is 32.8 Å². The summed E-state index contributed by atoms with van der Waals surface area (Å²) in [5.41, 5.74) is 0.711. The van der Waals surface area contributed by atoms with Gasteiger partial charge in [0.2, 0.25) is 0 Å². The van der Waals surface area contributed by atoms with Crippen LogP contribution < -0.4 is 0 Å². The maximum absolute atomic E-state index is 12.7. The summed E-state index contributed by atoms with van der Waals surface area (Å²) in [7, 11) is 5.73. The fraction of sp³-hybridized carbons (Fsp3) is 0.533. The molecule has 0 spiro atoms. The number of ether oxygens (including phenoxy) is 1. The van der Waals surface area contributed by atoms with Gasteiger partial charge in [0.15, 0.2) is 0 Å². The Bertz CT molecular complexity index is 469. The summed E-state index contributed by atoms with van der Waals surface area (Å²) in [5.74, 6) is 0.0520. The molecule has 1 rings (SSSR count). The molecule has 0 bridgehead atoms. The highest BCUT2D eigenvalue weighted by atomic mass is 127. The highest BCUT2D eigenvalue weighted by Gasteiger charge is 2.18. The van der Waals surface area contributed by atoms with E-state index in [1.807, 2.05) is 37.2 Å². The van der Waals surface area contributed by atoms with Gasteiger partial charge in [-0.05, 0) is 83.8 Å². The van der Waals surface area contributed by atoms with Crippen molar-refractivity contribution < 1.29 is 9.53 Å². The van der Waals surface area contributed by atoms with Gasteiger partial charge in [0, 0.05) is 28.2 Å². The third kappa shape index (κ3) is 6.63. The Balaban J connectivity index is 2.80. The van der Waals surface area contributed by atoms with Crippen LogP contribution in [0.15, 0.2) is 22.7 Å². The first-order valence-electron chi connectivity index (χ1n) is 6.83. The van der Waals surface area contributed by atoms with Crippen LogP contribution in [0, 0.1) is 3.57 Å². The second-order valence-corrected chi connectivity index (χ2v) is 7.17. The van der Waals surface area contributed by atoms with Crippen LogP contribution in [-0.4, -0.2) is 63.2 Å². The fourth-order valence-corrected chi connectivity index (χ4v) is 2.83. The molecule has 1 amide bonds. The van der Waals surface area contributed by atoms with E-state index in [-0.39, 0.29) is 5.91 Å². The largest absolute Gasteiger partial charge is 0.383 e. The van der Waals surface area contributed by atoms with Gasteiger partial charge < -0.3 is 14.5 Å². The van der Waals surface area contributed by atoms with Crippen LogP contribution in [0.1, 0.15) is 16.8 Å². The number of carbonyl (C=O) groups is 1. The van der Waals surface area contributed by atoms with Crippen LogP contribution in [-0.2, 0) is 4.74 Å². The summed E-state index contributed by atoms with van der Waals surface area (Å²) in [4.78, 5) is 16.7. The summed E-state index contributed by atoms with van der Waals surface area (Å²) < 4.78 is 7.01. The van der Waals surface area contributed by atoms with Crippen LogP contribution in [0.5, 0.6) is 0 Å². The van der Waals surface area contributed by atoms with Gasteiger partial charge in [-0.2, -0.15) is 0 Å². The zero-order chi connectivity index (χ0) is 15.8. The first-order valence-corrected chi connectivity index (χ1v) is 8.71. The average molecular weight is 469 g/mol. The Kier molecular flexibility index (Phi) is 8.77. The third-order valence-electron chi connectivity index (χ3n) is 3.04. The molecule has 0 saturated heterocycles. The molecular weight excluding hydrogens is 447 g/mol. The molecule has 0 aliphatic rings. The van der Waals surface area contributed by atoms with Crippen LogP contribution in [0.4, 0.5) is 0 Å². The van der Waals surface area contributed by atoms with E-state index in [1.165, 1.54) is 0 Å². The Morgan fingerprint density at radius 1 is 1.29 bits per heavy atom. The van der Waals surface area contributed by atoms with E-state index in [1.54, 1.807) is 7.11 Å². The van der Waals surface area contributed by atoms with Crippen molar-refractivity contribution in [2.75, 3.05) is 47.4 Å². The smallest absolute Gasteiger partial charge is 0.255 e. The Morgan fingerprint density at radius 3 is 2.62 bits per heavy atom. The van der Waals surface area contributed by atoms with Crippen molar-refractivity contribution in [2.24, 2.45) is 0 Å². The minimum absolute atomic E-state index is 0.0520. The highest BCUT2D eigenvalue weighted by Crippen LogP contribution is 2.21. The normalized spacial score (nSPS) is 11.0. The number of nitrogens with zero attached hydrogens (tertiary/aromatic N) is 2. The summed E-state index contributed by atoms with van der Waals surface area (Å²) in [6.45, 7) is 2.86. The molecule has 0 aliphatic carbocycles. The molecule has 6 heteroatoms. The van der Waals surface area contributed by atoms with E-state index < -0.39 is 0 Å². The van der Waals surface area contributed by atoms with Gasteiger partial charge in [-0.25, -0.2) is 0 Å². The Morgan fingerprint density at radius 2 is 2.00 bits per heavy atom. The Hall–Kier alpha value is -0.180. The van der Waals surface area contributed by atoms with E-state index in [9.17, 15) is 4.79 Å².